The fourth-order valence-electron chi connectivity index (χ4n) is 2.97. The van der Waals surface area contributed by atoms with Crippen molar-refractivity contribution in [1.29, 1.82) is 0 Å². The topological polar surface area (TPSA) is 26.3 Å². The first-order valence-corrected chi connectivity index (χ1v) is 7.51. The maximum Gasteiger partial charge on any atom is 0.166 e. The Labute approximate surface area is 125 Å². The van der Waals surface area contributed by atoms with Gasteiger partial charge < -0.3 is 4.74 Å². The molecule has 2 heteroatoms. The monoisotopic (exact) mass is 280 g/mol. The molecular weight excluding hydrogens is 260 g/mol. The fourth-order valence-corrected chi connectivity index (χ4v) is 2.97. The van der Waals surface area contributed by atoms with Crippen LogP contribution in [0.15, 0.2) is 48.5 Å². The van der Waals surface area contributed by atoms with E-state index in [1.54, 1.807) is 0 Å². The van der Waals surface area contributed by atoms with Crippen molar-refractivity contribution in [1.82, 2.24) is 0 Å². The van der Waals surface area contributed by atoms with E-state index in [0.29, 0.717) is 0 Å². The van der Waals surface area contributed by atoms with Crippen LogP contribution in [0, 0.1) is 5.92 Å². The van der Waals surface area contributed by atoms with Crippen molar-refractivity contribution in [2.75, 3.05) is 0 Å². The minimum Gasteiger partial charge on any atom is -0.491 e. The third-order valence-corrected chi connectivity index (χ3v) is 3.91. The Morgan fingerprint density at radius 1 is 1.05 bits per heavy atom. The number of ether oxygens (including phenoxy) is 1. The van der Waals surface area contributed by atoms with Gasteiger partial charge in [0.15, 0.2) is 5.78 Å². The van der Waals surface area contributed by atoms with Gasteiger partial charge in [0.1, 0.15) is 5.75 Å². The second-order valence-corrected chi connectivity index (χ2v) is 5.93. The molecule has 0 unspecified atom stereocenters. The molecule has 108 valence electrons. The summed E-state index contributed by atoms with van der Waals surface area (Å²) >= 11 is 0. The highest BCUT2D eigenvalue weighted by molar-refractivity contribution is 5.98. The lowest BCUT2D eigenvalue weighted by atomic mass is 9.95. The fraction of sp³-hybridized carbons (Fsp3) is 0.316. The summed E-state index contributed by atoms with van der Waals surface area (Å²) in [5.74, 6) is 1.06. The predicted molar refractivity (Wildman–Crippen MR) is 83.9 cm³/mol. The molecule has 21 heavy (non-hydrogen) atoms. The smallest absolute Gasteiger partial charge is 0.166 e. The molecule has 0 N–H and O–H groups in total. The van der Waals surface area contributed by atoms with Crippen molar-refractivity contribution >= 4 is 5.78 Å². The van der Waals surface area contributed by atoms with Gasteiger partial charge in [0.25, 0.3) is 0 Å². The molecule has 1 aliphatic carbocycles. The van der Waals surface area contributed by atoms with Crippen molar-refractivity contribution in [2.24, 2.45) is 5.92 Å². The zero-order valence-corrected chi connectivity index (χ0v) is 12.5. The minimum atomic E-state index is 0.0664. The molecule has 0 atom stereocenters. The molecule has 3 rings (SSSR count). The van der Waals surface area contributed by atoms with Crippen LogP contribution in [0.2, 0.25) is 0 Å². The van der Waals surface area contributed by atoms with E-state index >= 15 is 0 Å². The summed E-state index contributed by atoms with van der Waals surface area (Å²) in [5, 5.41) is 0. The van der Waals surface area contributed by atoms with Crippen LogP contribution in [0.1, 0.15) is 35.3 Å². The summed E-state index contributed by atoms with van der Waals surface area (Å²) in [7, 11) is 0. The molecule has 2 aromatic carbocycles. The lowest BCUT2D eigenvalue weighted by Gasteiger charge is -2.12. The van der Waals surface area contributed by atoms with Gasteiger partial charge in [0.05, 0.1) is 6.10 Å². The van der Waals surface area contributed by atoms with Gasteiger partial charge in [-0.05, 0) is 49.9 Å². The molecule has 0 saturated carbocycles. The van der Waals surface area contributed by atoms with Crippen molar-refractivity contribution in [3.05, 3.63) is 65.2 Å². The molecule has 2 aromatic rings. The van der Waals surface area contributed by atoms with E-state index in [-0.39, 0.29) is 17.8 Å². The normalized spacial score (nSPS) is 14.2. The van der Waals surface area contributed by atoms with Crippen molar-refractivity contribution in [3.63, 3.8) is 0 Å². The van der Waals surface area contributed by atoms with Crippen LogP contribution in [0.5, 0.6) is 5.75 Å². The highest BCUT2D eigenvalue weighted by Crippen LogP contribution is 2.29. The Balaban J connectivity index is 1.78. The number of ketones is 1. The summed E-state index contributed by atoms with van der Waals surface area (Å²) in [6.07, 6.45) is 1.82. The van der Waals surface area contributed by atoms with Gasteiger partial charge in [-0.3, -0.25) is 4.79 Å². The first-order chi connectivity index (χ1) is 10.1. The number of Topliss-reactive ketones (excluding diaryl/α,β-unsaturated/α-hetero) is 1. The number of carbonyl (C=O) groups is 1. The SMILES string of the molecule is CC(C)Oc1cccc(C(=O)C2Cc3ccccc3C2)c1. The van der Waals surface area contributed by atoms with E-state index in [4.69, 9.17) is 4.74 Å². The summed E-state index contributed by atoms with van der Waals surface area (Å²) < 4.78 is 5.68. The average Bonchev–Trinajstić information content (AvgIpc) is 2.90. The Morgan fingerprint density at radius 2 is 1.71 bits per heavy atom. The van der Waals surface area contributed by atoms with Crippen molar-refractivity contribution < 1.29 is 9.53 Å². The van der Waals surface area contributed by atoms with E-state index in [1.165, 1.54) is 11.1 Å². The van der Waals surface area contributed by atoms with E-state index in [2.05, 4.69) is 12.1 Å². The number of fused-ring (bicyclic) bond motifs is 1. The summed E-state index contributed by atoms with van der Waals surface area (Å²) in [6, 6.07) is 15.9. The van der Waals surface area contributed by atoms with Crippen LogP contribution < -0.4 is 4.74 Å². The molecule has 0 spiro atoms. The van der Waals surface area contributed by atoms with Gasteiger partial charge in [-0.2, -0.15) is 0 Å². The van der Waals surface area contributed by atoms with Crippen LogP contribution in [-0.4, -0.2) is 11.9 Å². The number of rotatable bonds is 4. The number of benzene rings is 2. The maximum atomic E-state index is 12.7. The Bertz CT molecular complexity index is 633. The van der Waals surface area contributed by atoms with Gasteiger partial charge >= 0.3 is 0 Å². The average molecular weight is 280 g/mol. The quantitative estimate of drug-likeness (QED) is 0.789. The molecule has 0 bridgehead atoms. The second-order valence-electron chi connectivity index (χ2n) is 5.93. The van der Waals surface area contributed by atoms with E-state index in [0.717, 1.165) is 24.2 Å². The van der Waals surface area contributed by atoms with Crippen LogP contribution >= 0.6 is 0 Å². The predicted octanol–water partition coefficient (Wildman–Crippen LogP) is 4.07. The van der Waals surface area contributed by atoms with Gasteiger partial charge in [-0.25, -0.2) is 0 Å². The lowest BCUT2D eigenvalue weighted by molar-refractivity contribution is 0.0924. The molecule has 0 radical (unpaired) electrons. The third kappa shape index (κ3) is 2.99. The van der Waals surface area contributed by atoms with Crippen molar-refractivity contribution in [3.8, 4) is 5.75 Å². The summed E-state index contributed by atoms with van der Waals surface area (Å²) in [4.78, 5) is 12.7. The maximum absolute atomic E-state index is 12.7. The minimum absolute atomic E-state index is 0.0664. The summed E-state index contributed by atoms with van der Waals surface area (Å²) in [6.45, 7) is 3.98. The molecule has 0 amide bonds. The Kier molecular flexibility index (Phi) is 3.78. The molecule has 0 aromatic heterocycles. The summed E-state index contributed by atoms with van der Waals surface area (Å²) in [5.41, 5.74) is 3.38. The van der Waals surface area contributed by atoms with E-state index < -0.39 is 0 Å². The highest BCUT2D eigenvalue weighted by atomic mass is 16.5. The standard InChI is InChI=1S/C19H20O2/c1-13(2)21-18-9-5-8-16(12-18)19(20)17-10-14-6-3-4-7-15(14)11-17/h3-9,12-13,17H,10-11H2,1-2H3. The third-order valence-electron chi connectivity index (χ3n) is 3.91. The molecule has 0 aliphatic heterocycles. The molecule has 2 nitrogen and oxygen atoms in total. The van der Waals surface area contributed by atoms with Crippen LogP contribution in [0.4, 0.5) is 0 Å². The van der Waals surface area contributed by atoms with Gasteiger partial charge in [0.2, 0.25) is 0 Å². The molecule has 0 fully saturated rings. The van der Waals surface area contributed by atoms with Crippen LogP contribution in [0.3, 0.4) is 0 Å². The van der Waals surface area contributed by atoms with Crippen molar-refractivity contribution in [2.45, 2.75) is 32.8 Å². The molecule has 0 heterocycles. The van der Waals surface area contributed by atoms with Gasteiger partial charge in [0, 0.05) is 11.5 Å². The Hall–Kier alpha value is -2.09. The Morgan fingerprint density at radius 3 is 2.33 bits per heavy atom. The highest BCUT2D eigenvalue weighted by Gasteiger charge is 2.27. The van der Waals surface area contributed by atoms with E-state index in [9.17, 15) is 4.79 Å². The zero-order valence-electron chi connectivity index (χ0n) is 12.5. The van der Waals surface area contributed by atoms with E-state index in [1.807, 2.05) is 50.2 Å². The zero-order chi connectivity index (χ0) is 14.8. The van der Waals surface area contributed by atoms with Gasteiger partial charge in [-0.1, -0.05) is 36.4 Å². The number of hydrogen-bond donors (Lipinski definition) is 0. The number of carbonyl (C=O) groups excluding carboxylic acids is 1. The molecular formula is C19H20O2. The largest absolute Gasteiger partial charge is 0.491 e. The second kappa shape index (κ2) is 5.72. The first-order valence-electron chi connectivity index (χ1n) is 7.51. The molecule has 1 aliphatic rings. The van der Waals surface area contributed by atoms with Crippen LogP contribution in [0.25, 0.3) is 0 Å². The number of hydrogen-bond acceptors (Lipinski definition) is 2. The van der Waals surface area contributed by atoms with Crippen LogP contribution in [-0.2, 0) is 12.8 Å². The lowest BCUT2D eigenvalue weighted by Crippen LogP contribution is -2.15. The first kappa shape index (κ1) is 13.9. The van der Waals surface area contributed by atoms with Gasteiger partial charge in [-0.15, -0.1) is 0 Å². The molecule has 0 saturated heterocycles.